The zero-order valence-electron chi connectivity index (χ0n) is 10.00. The maximum atomic E-state index is 13.2. The van der Waals surface area contributed by atoms with Crippen molar-refractivity contribution in [2.24, 2.45) is 0 Å². The van der Waals surface area contributed by atoms with Gasteiger partial charge in [-0.15, -0.1) is 0 Å². The van der Waals surface area contributed by atoms with E-state index in [0.717, 1.165) is 18.7 Å². The molecule has 1 fully saturated rings. The first kappa shape index (κ1) is 12.5. The van der Waals surface area contributed by atoms with E-state index in [1.807, 2.05) is 36.1 Å². The molecule has 94 valence electrons. The van der Waals surface area contributed by atoms with E-state index in [2.05, 4.69) is 5.32 Å². The van der Waals surface area contributed by atoms with Crippen molar-refractivity contribution in [3.63, 3.8) is 0 Å². The number of hydrogen-bond acceptors (Lipinski definition) is 2. The Hall–Kier alpha value is -1.00. The lowest BCUT2D eigenvalue weighted by molar-refractivity contribution is 0.0182. The van der Waals surface area contributed by atoms with E-state index < -0.39 is 12.5 Å². The maximum absolute atomic E-state index is 13.2. The summed E-state index contributed by atoms with van der Waals surface area (Å²) in [5.41, 5.74) is 1.81. The van der Waals surface area contributed by atoms with E-state index in [-0.39, 0.29) is 0 Å². The minimum Gasteiger partial charge on any atom is -0.314 e. The van der Waals surface area contributed by atoms with Crippen LogP contribution in [0.25, 0.3) is 0 Å². The number of nitrogens with one attached hydrogen (secondary N) is 1. The quantitative estimate of drug-likeness (QED) is 0.871. The highest BCUT2D eigenvalue weighted by Crippen LogP contribution is 2.27. The minimum absolute atomic E-state index is 0.683. The highest BCUT2D eigenvalue weighted by atomic mass is 19.3. The van der Waals surface area contributed by atoms with E-state index in [1.54, 1.807) is 0 Å². The van der Waals surface area contributed by atoms with Crippen LogP contribution in [0.5, 0.6) is 0 Å². The van der Waals surface area contributed by atoms with Crippen LogP contribution in [0.4, 0.5) is 8.78 Å². The first-order chi connectivity index (χ1) is 8.18. The van der Waals surface area contributed by atoms with Crippen molar-refractivity contribution < 1.29 is 8.78 Å². The smallest absolute Gasteiger partial charge is 0.258 e. The topological polar surface area (TPSA) is 15.3 Å². The predicted octanol–water partition coefficient (Wildman–Crippen LogP) is 2.21. The molecule has 0 bridgehead atoms. The summed E-state index contributed by atoms with van der Waals surface area (Å²) < 4.78 is 26.4. The van der Waals surface area contributed by atoms with Crippen molar-refractivity contribution in [1.82, 2.24) is 10.2 Å². The minimum atomic E-state index is -2.34. The summed E-state index contributed by atoms with van der Waals surface area (Å²) in [7, 11) is 0. The second kappa shape index (κ2) is 5.56. The average molecular weight is 240 g/mol. The summed E-state index contributed by atoms with van der Waals surface area (Å²) in [4.78, 5) is 1.87. The zero-order valence-corrected chi connectivity index (χ0v) is 10.00. The highest BCUT2D eigenvalue weighted by molar-refractivity contribution is 5.24. The van der Waals surface area contributed by atoms with E-state index in [9.17, 15) is 8.78 Å². The standard InChI is InChI=1S/C13H18F2N2/c1-10-2-4-11(5-3-10)12(13(14)15)17-8-6-16-7-9-17/h2-5,12-13,16H,6-9H2,1H3/t12-/m1/s1. The summed E-state index contributed by atoms with van der Waals surface area (Å²) in [5.74, 6) is 0. The Morgan fingerprint density at radius 3 is 2.24 bits per heavy atom. The van der Waals surface area contributed by atoms with Crippen LogP contribution in [0.2, 0.25) is 0 Å². The summed E-state index contributed by atoms with van der Waals surface area (Å²) >= 11 is 0. The lowest BCUT2D eigenvalue weighted by Crippen LogP contribution is -2.46. The molecule has 0 spiro atoms. The van der Waals surface area contributed by atoms with Crippen LogP contribution in [-0.4, -0.2) is 37.5 Å². The van der Waals surface area contributed by atoms with Crippen LogP contribution < -0.4 is 5.32 Å². The molecule has 0 radical (unpaired) electrons. The molecule has 0 aromatic heterocycles. The van der Waals surface area contributed by atoms with Crippen molar-refractivity contribution in [2.75, 3.05) is 26.2 Å². The molecule has 1 N–H and O–H groups in total. The molecule has 2 nitrogen and oxygen atoms in total. The number of piperazine rings is 1. The van der Waals surface area contributed by atoms with Crippen LogP contribution in [-0.2, 0) is 0 Å². The molecule has 0 unspecified atom stereocenters. The Bertz CT molecular complexity index is 345. The lowest BCUT2D eigenvalue weighted by atomic mass is 10.0. The number of nitrogens with zero attached hydrogens (tertiary/aromatic N) is 1. The molecule has 2 rings (SSSR count). The van der Waals surface area contributed by atoms with E-state index >= 15 is 0 Å². The Labute approximate surface area is 101 Å². The predicted molar refractivity (Wildman–Crippen MR) is 64.4 cm³/mol. The van der Waals surface area contributed by atoms with Gasteiger partial charge in [-0.1, -0.05) is 29.8 Å². The maximum Gasteiger partial charge on any atom is 0.258 e. The molecule has 1 atom stereocenters. The first-order valence-electron chi connectivity index (χ1n) is 5.98. The monoisotopic (exact) mass is 240 g/mol. The van der Waals surface area contributed by atoms with Gasteiger partial charge in [0.1, 0.15) is 0 Å². The molecule has 4 heteroatoms. The third-order valence-corrected chi connectivity index (χ3v) is 3.20. The van der Waals surface area contributed by atoms with Gasteiger partial charge in [0.2, 0.25) is 0 Å². The van der Waals surface area contributed by atoms with Crippen molar-refractivity contribution in [3.05, 3.63) is 35.4 Å². The van der Waals surface area contributed by atoms with Gasteiger partial charge in [0, 0.05) is 26.2 Å². The molecule has 0 amide bonds. The molecule has 1 saturated heterocycles. The second-order valence-corrected chi connectivity index (χ2v) is 4.48. The van der Waals surface area contributed by atoms with Gasteiger partial charge in [0.15, 0.2) is 0 Å². The Morgan fingerprint density at radius 1 is 1.12 bits per heavy atom. The van der Waals surface area contributed by atoms with Gasteiger partial charge in [0.05, 0.1) is 6.04 Å². The summed E-state index contributed by atoms with van der Waals surface area (Å²) in [6, 6.07) is 6.65. The van der Waals surface area contributed by atoms with Crippen molar-refractivity contribution in [1.29, 1.82) is 0 Å². The van der Waals surface area contributed by atoms with E-state index in [1.165, 1.54) is 0 Å². The number of halogens is 2. The molecule has 1 heterocycles. The van der Waals surface area contributed by atoms with Gasteiger partial charge >= 0.3 is 0 Å². The van der Waals surface area contributed by atoms with Crippen LogP contribution in [0.1, 0.15) is 17.2 Å². The van der Waals surface area contributed by atoms with Gasteiger partial charge in [0.25, 0.3) is 6.43 Å². The summed E-state index contributed by atoms with van der Waals surface area (Å²) in [5, 5.41) is 3.18. The Kier molecular flexibility index (Phi) is 4.07. The van der Waals surface area contributed by atoms with Crippen molar-refractivity contribution in [2.45, 2.75) is 19.4 Å². The molecular weight excluding hydrogens is 222 g/mol. The molecule has 1 aromatic rings. The van der Waals surface area contributed by atoms with Crippen LogP contribution >= 0.6 is 0 Å². The Balaban J connectivity index is 2.18. The second-order valence-electron chi connectivity index (χ2n) is 4.48. The van der Waals surface area contributed by atoms with Gasteiger partial charge in [-0.3, -0.25) is 4.90 Å². The van der Waals surface area contributed by atoms with Crippen molar-refractivity contribution in [3.8, 4) is 0 Å². The number of benzene rings is 1. The van der Waals surface area contributed by atoms with Gasteiger partial charge in [-0.05, 0) is 12.5 Å². The van der Waals surface area contributed by atoms with Crippen LogP contribution in [0, 0.1) is 6.92 Å². The highest BCUT2D eigenvalue weighted by Gasteiger charge is 2.29. The van der Waals surface area contributed by atoms with Crippen LogP contribution in [0.3, 0.4) is 0 Å². The summed E-state index contributed by atoms with van der Waals surface area (Å²) in [6.07, 6.45) is -2.34. The zero-order chi connectivity index (χ0) is 12.3. The average Bonchev–Trinajstić information content (AvgIpc) is 2.33. The first-order valence-corrected chi connectivity index (χ1v) is 5.98. The fourth-order valence-electron chi connectivity index (χ4n) is 2.24. The fourth-order valence-corrected chi connectivity index (χ4v) is 2.24. The summed E-state index contributed by atoms with van der Waals surface area (Å²) in [6.45, 7) is 4.90. The van der Waals surface area contributed by atoms with Crippen LogP contribution in [0.15, 0.2) is 24.3 Å². The molecule has 1 aliphatic heterocycles. The Morgan fingerprint density at radius 2 is 1.71 bits per heavy atom. The van der Waals surface area contributed by atoms with Gasteiger partial charge in [-0.2, -0.15) is 0 Å². The number of alkyl halides is 2. The largest absolute Gasteiger partial charge is 0.314 e. The van der Waals surface area contributed by atoms with Crippen molar-refractivity contribution >= 4 is 0 Å². The fraction of sp³-hybridized carbons (Fsp3) is 0.538. The molecule has 0 aliphatic carbocycles. The molecule has 1 aromatic carbocycles. The molecule has 17 heavy (non-hydrogen) atoms. The molecule has 1 aliphatic rings. The van der Waals surface area contributed by atoms with E-state index in [4.69, 9.17) is 0 Å². The normalized spacial score (nSPS) is 19.5. The third-order valence-electron chi connectivity index (χ3n) is 3.20. The lowest BCUT2D eigenvalue weighted by Gasteiger charge is -2.34. The SMILES string of the molecule is Cc1ccc([C@H](C(F)F)N2CCNCC2)cc1. The molecular formula is C13H18F2N2. The van der Waals surface area contributed by atoms with Gasteiger partial charge in [-0.25, -0.2) is 8.78 Å². The number of rotatable bonds is 3. The molecule has 0 saturated carbocycles. The van der Waals surface area contributed by atoms with E-state index in [0.29, 0.717) is 18.7 Å². The van der Waals surface area contributed by atoms with Gasteiger partial charge < -0.3 is 5.32 Å². The third kappa shape index (κ3) is 3.01. The number of hydrogen-bond donors (Lipinski definition) is 1. The number of aryl methyl sites for hydroxylation is 1.